The number of hydrogen-bond acceptors (Lipinski definition) is 7. The van der Waals surface area contributed by atoms with Gasteiger partial charge in [-0.15, -0.1) is 0 Å². The van der Waals surface area contributed by atoms with E-state index in [1.807, 2.05) is 27.7 Å². The minimum absolute atomic E-state index is 0.0488. The normalized spacial score (nSPS) is 28.8. The van der Waals surface area contributed by atoms with Gasteiger partial charge in [-0.2, -0.15) is 13.8 Å². The van der Waals surface area contributed by atoms with Gasteiger partial charge in [0.15, 0.2) is 0 Å². The number of ether oxygens (including phenoxy) is 1. The van der Waals surface area contributed by atoms with Crippen molar-refractivity contribution in [3.05, 3.63) is 22.7 Å². The second-order valence-corrected chi connectivity index (χ2v) is 19.1. The fourth-order valence-corrected chi connectivity index (χ4v) is 16.2. The molecule has 3 unspecified atom stereocenters. The molecule has 3 atom stereocenters. The lowest BCUT2D eigenvalue weighted by Crippen LogP contribution is -2.66. The number of alkyl halides is 2. The van der Waals surface area contributed by atoms with Crippen molar-refractivity contribution in [3.8, 4) is 0 Å². The molecule has 3 rings (SSSR count). The van der Waals surface area contributed by atoms with Crippen molar-refractivity contribution < 1.29 is 26.5 Å². The Bertz CT molecular complexity index is 896. The molecule has 12 heteroatoms. The van der Waals surface area contributed by atoms with E-state index in [0.717, 1.165) is 4.57 Å². The monoisotopic (exact) mass is 505 g/mol. The smallest absolute Gasteiger partial charge is 0.351 e. The van der Waals surface area contributed by atoms with Gasteiger partial charge in [0.25, 0.3) is 0 Å². The van der Waals surface area contributed by atoms with Crippen LogP contribution in [0.25, 0.3) is 0 Å². The number of aromatic nitrogens is 2. The summed E-state index contributed by atoms with van der Waals surface area (Å²) in [6, 6.07) is 1.29. The number of nitrogens with zero attached hydrogens (tertiary/aromatic N) is 2. The first-order chi connectivity index (χ1) is 15.2. The van der Waals surface area contributed by atoms with Crippen molar-refractivity contribution in [1.82, 2.24) is 9.55 Å². The molecule has 188 valence electrons. The molecule has 2 saturated heterocycles. The summed E-state index contributed by atoms with van der Waals surface area (Å²) in [5, 5.41) is 0. The summed E-state index contributed by atoms with van der Waals surface area (Å²) in [5.74, 6) is -3.56. The Morgan fingerprint density at radius 1 is 1.06 bits per heavy atom. The molecule has 2 aliphatic heterocycles. The zero-order chi connectivity index (χ0) is 24.9. The maximum Gasteiger partial charge on any atom is 0.351 e. The fourth-order valence-electron chi connectivity index (χ4n) is 4.98. The van der Waals surface area contributed by atoms with E-state index in [1.54, 1.807) is 0 Å². The third kappa shape index (κ3) is 4.34. The van der Waals surface area contributed by atoms with Crippen molar-refractivity contribution >= 4 is 22.9 Å². The van der Waals surface area contributed by atoms with Crippen molar-refractivity contribution in [1.29, 1.82) is 0 Å². The highest BCUT2D eigenvalue weighted by Gasteiger charge is 2.67. The summed E-state index contributed by atoms with van der Waals surface area (Å²) in [6.07, 6.45) is -3.38. The van der Waals surface area contributed by atoms with Crippen LogP contribution in [0.1, 0.15) is 61.6 Å². The number of nitrogens with two attached hydrogens (primary N) is 1. The highest BCUT2D eigenvalue weighted by Crippen LogP contribution is 2.52. The zero-order valence-corrected chi connectivity index (χ0v) is 22.7. The molecule has 8 nitrogen and oxygen atoms in total. The van der Waals surface area contributed by atoms with Crippen molar-refractivity contribution in [2.24, 2.45) is 0 Å². The van der Waals surface area contributed by atoms with E-state index in [4.69, 9.17) is 23.4 Å². The second kappa shape index (κ2) is 9.12. The SMILES string of the molecule is CC(C)[Si]1(C(C)C)OCC2OC(n3ccc(N)nc3=O)C(F)(F)C2O[Si](C(C)C)(C(C)C)O1. The van der Waals surface area contributed by atoms with Gasteiger partial charge >= 0.3 is 28.7 Å². The zero-order valence-electron chi connectivity index (χ0n) is 20.7. The number of anilines is 1. The Morgan fingerprint density at radius 3 is 2.09 bits per heavy atom. The van der Waals surface area contributed by atoms with Gasteiger partial charge in [-0.3, -0.25) is 4.57 Å². The predicted octanol–water partition coefficient (Wildman–Crippen LogP) is 4.31. The molecule has 2 N–H and O–H groups in total. The summed E-state index contributed by atoms with van der Waals surface area (Å²) in [7, 11) is -6.15. The third-order valence-corrected chi connectivity index (χ3v) is 17.0. The van der Waals surface area contributed by atoms with Crippen molar-refractivity contribution in [2.45, 2.75) is 102 Å². The molecule has 0 aromatic carbocycles. The van der Waals surface area contributed by atoms with Crippen LogP contribution in [-0.4, -0.2) is 51.4 Å². The van der Waals surface area contributed by atoms with Gasteiger partial charge in [-0.1, -0.05) is 55.4 Å². The van der Waals surface area contributed by atoms with Gasteiger partial charge in [0, 0.05) is 6.20 Å². The van der Waals surface area contributed by atoms with E-state index < -0.39 is 47.2 Å². The molecular weight excluding hydrogens is 468 g/mol. The van der Waals surface area contributed by atoms with Crippen LogP contribution in [0.5, 0.6) is 0 Å². The van der Waals surface area contributed by atoms with E-state index in [2.05, 4.69) is 32.7 Å². The summed E-state index contributed by atoms with van der Waals surface area (Å²) in [5.41, 5.74) is 4.55. The van der Waals surface area contributed by atoms with Crippen LogP contribution in [-0.2, 0) is 17.7 Å². The fraction of sp³-hybridized carbons (Fsp3) is 0.810. The lowest BCUT2D eigenvalue weighted by molar-refractivity contribution is -0.140. The third-order valence-electron chi connectivity index (χ3n) is 6.78. The number of hydrogen-bond donors (Lipinski definition) is 1. The molecule has 3 heterocycles. The molecule has 2 fully saturated rings. The van der Waals surface area contributed by atoms with Crippen LogP contribution in [0.2, 0.25) is 22.2 Å². The Hall–Kier alpha value is -1.19. The lowest BCUT2D eigenvalue weighted by Gasteiger charge is -2.51. The summed E-state index contributed by atoms with van der Waals surface area (Å²) in [4.78, 5) is 15.9. The molecular formula is C21H37F2N3O5Si2. The van der Waals surface area contributed by atoms with Gasteiger partial charge in [0.1, 0.15) is 18.0 Å². The molecule has 0 aliphatic carbocycles. The van der Waals surface area contributed by atoms with Crippen LogP contribution in [0, 0.1) is 0 Å². The molecule has 0 spiro atoms. The minimum atomic E-state index is -3.52. The highest BCUT2D eigenvalue weighted by molar-refractivity contribution is 6.84. The maximum absolute atomic E-state index is 15.9. The molecule has 0 radical (unpaired) electrons. The van der Waals surface area contributed by atoms with E-state index in [0.29, 0.717) is 0 Å². The molecule has 1 aromatic rings. The van der Waals surface area contributed by atoms with Gasteiger partial charge in [0.2, 0.25) is 6.23 Å². The average Bonchev–Trinajstić information content (AvgIpc) is 2.90. The number of nitrogen functional groups attached to an aromatic ring is 1. The highest BCUT2D eigenvalue weighted by atomic mass is 28.5. The van der Waals surface area contributed by atoms with Crippen molar-refractivity contribution in [3.63, 3.8) is 0 Å². The van der Waals surface area contributed by atoms with Crippen LogP contribution >= 0.6 is 0 Å². The first-order valence-corrected chi connectivity index (χ1v) is 15.5. The van der Waals surface area contributed by atoms with Crippen molar-refractivity contribution in [2.75, 3.05) is 12.3 Å². The van der Waals surface area contributed by atoms with Crippen LogP contribution < -0.4 is 11.4 Å². The molecule has 1 aromatic heterocycles. The van der Waals surface area contributed by atoms with E-state index in [1.165, 1.54) is 12.3 Å². The Labute approximate surface area is 196 Å². The topological polar surface area (TPSA) is 97.8 Å². The Balaban J connectivity index is 2.13. The summed E-state index contributed by atoms with van der Waals surface area (Å²) < 4.78 is 58.2. The second-order valence-electron chi connectivity index (χ2n) is 10.3. The molecule has 2 aliphatic rings. The largest absolute Gasteiger partial charge is 0.414 e. The first-order valence-electron chi connectivity index (χ1n) is 11.6. The molecule has 33 heavy (non-hydrogen) atoms. The summed E-state index contributed by atoms with van der Waals surface area (Å²) in [6.45, 7) is 16.0. The average molecular weight is 506 g/mol. The number of halogens is 2. The quantitative estimate of drug-likeness (QED) is 0.595. The van der Waals surface area contributed by atoms with Crippen LogP contribution in [0.3, 0.4) is 0 Å². The van der Waals surface area contributed by atoms with E-state index in [-0.39, 0.29) is 34.6 Å². The van der Waals surface area contributed by atoms with Gasteiger partial charge in [0.05, 0.1) is 6.61 Å². The maximum atomic E-state index is 15.9. The first kappa shape index (κ1) is 26.4. The van der Waals surface area contributed by atoms with Crippen LogP contribution in [0.15, 0.2) is 17.1 Å². The molecule has 0 saturated carbocycles. The number of rotatable bonds is 5. The van der Waals surface area contributed by atoms with Crippen LogP contribution in [0.4, 0.5) is 14.6 Å². The van der Waals surface area contributed by atoms with E-state index in [9.17, 15) is 4.79 Å². The van der Waals surface area contributed by atoms with Gasteiger partial charge in [-0.05, 0) is 28.2 Å². The standard InChI is InChI=1S/C21H37F2N3O5Si2/c1-12(2)32(13(3)4)28-11-16-18(30-33(31-32,14(5)6)15(7)8)21(22,23)19(29-16)26-10-9-17(24)25-20(26)27/h9-10,12-16,18-19H,11H2,1-8H3,(H2,24,25,27). The Kier molecular flexibility index (Phi) is 7.30. The minimum Gasteiger partial charge on any atom is -0.414 e. The van der Waals surface area contributed by atoms with Gasteiger partial charge in [-0.25, -0.2) is 4.79 Å². The Morgan fingerprint density at radius 2 is 1.61 bits per heavy atom. The predicted molar refractivity (Wildman–Crippen MR) is 126 cm³/mol. The summed E-state index contributed by atoms with van der Waals surface area (Å²) >= 11 is 0. The lowest BCUT2D eigenvalue weighted by atomic mass is 10.1. The van der Waals surface area contributed by atoms with Gasteiger partial charge < -0.3 is 23.4 Å². The molecule has 0 bridgehead atoms. The van der Waals surface area contributed by atoms with E-state index >= 15 is 8.78 Å². The molecule has 0 amide bonds. The number of fused-ring (bicyclic) bond motifs is 1.